The second-order valence-electron chi connectivity index (χ2n) is 5.42. The van der Waals surface area contributed by atoms with Gasteiger partial charge in [0.1, 0.15) is 0 Å². The Morgan fingerprint density at radius 3 is 2.75 bits per heavy atom. The van der Waals surface area contributed by atoms with Crippen LogP contribution in [0.3, 0.4) is 0 Å². The Labute approximate surface area is 118 Å². The quantitative estimate of drug-likeness (QED) is 0.899. The lowest BCUT2D eigenvalue weighted by Crippen LogP contribution is -2.40. The van der Waals surface area contributed by atoms with E-state index >= 15 is 0 Å². The van der Waals surface area contributed by atoms with Gasteiger partial charge in [0.2, 0.25) is 12.7 Å². The van der Waals surface area contributed by atoms with E-state index in [1.54, 1.807) is 0 Å². The van der Waals surface area contributed by atoms with Gasteiger partial charge in [0.25, 0.3) is 0 Å². The summed E-state index contributed by atoms with van der Waals surface area (Å²) in [5.41, 5.74) is 6.64. The van der Waals surface area contributed by atoms with Crippen molar-refractivity contribution in [1.82, 2.24) is 4.90 Å². The molecule has 1 saturated heterocycles. The predicted octanol–water partition coefficient (Wildman–Crippen LogP) is 1.16. The Bertz CT molecular complexity index is 496. The maximum Gasteiger partial charge on any atom is 0.231 e. The van der Waals surface area contributed by atoms with E-state index < -0.39 is 0 Å². The first-order valence-corrected chi connectivity index (χ1v) is 7.12. The molecule has 5 nitrogen and oxygen atoms in total. The Balaban J connectivity index is 1.59. The van der Waals surface area contributed by atoms with E-state index in [1.807, 2.05) is 23.1 Å². The molecule has 1 aromatic carbocycles. The van der Waals surface area contributed by atoms with Gasteiger partial charge in [0.15, 0.2) is 11.5 Å². The van der Waals surface area contributed by atoms with Crippen molar-refractivity contribution in [3.8, 4) is 11.5 Å². The summed E-state index contributed by atoms with van der Waals surface area (Å²) in [6, 6.07) is 5.69. The van der Waals surface area contributed by atoms with Crippen molar-refractivity contribution in [2.75, 3.05) is 26.4 Å². The number of nitrogens with two attached hydrogens (primary N) is 1. The number of piperidine rings is 1. The van der Waals surface area contributed by atoms with Crippen molar-refractivity contribution in [3.63, 3.8) is 0 Å². The van der Waals surface area contributed by atoms with E-state index in [-0.39, 0.29) is 12.7 Å². The van der Waals surface area contributed by atoms with Crippen LogP contribution in [0.4, 0.5) is 0 Å². The molecule has 1 amide bonds. The number of nitrogens with zero attached hydrogens (tertiary/aromatic N) is 1. The summed E-state index contributed by atoms with van der Waals surface area (Å²) >= 11 is 0. The highest BCUT2D eigenvalue weighted by molar-refractivity contribution is 5.79. The minimum absolute atomic E-state index is 0.180. The molecule has 2 N–H and O–H groups in total. The molecule has 20 heavy (non-hydrogen) atoms. The summed E-state index contributed by atoms with van der Waals surface area (Å²) in [5, 5.41) is 0. The Kier molecular flexibility index (Phi) is 3.78. The molecule has 0 spiro atoms. The summed E-state index contributed by atoms with van der Waals surface area (Å²) in [6.45, 7) is 2.64. The van der Waals surface area contributed by atoms with Crippen LogP contribution in [0.15, 0.2) is 18.2 Å². The van der Waals surface area contributed by atoms with Gasteiger partial charge < -0.3 is 20.1 Å². The Morgan fingerprint density at radius 2 is 2.00 bits per heavy atom. The van der Waals surface area contributed by atoms with Crippen LogP contribution >= 0.6 is 0 Å². The average molecular weight is 276 g/mol. The Hall–Kier alpha value is -1.75. The van der Waals surface area contributed by atoms with Crippen LogP contribution in [0.5, 0.6) is 11.5 Å². The van der Waals surface area contributed by atoms with Crippen LogP contribution in [-0.4, -0.2) is 37.2 Å². The number of carbonyl (C=O) groups excluding carboxylic acids is 1. The number of hydrogen-bond acceptors (Lipinski definition) is 4. The Morgan fingerprint density at radius 1 is 1.25 bits per heavy atom. The van der Waals surface area contributed by atoms with Crippen LogP contribution in [0.1, 0.15) is 18.4 Å². The lowest BCUT2D eigenvalue weighted by molar-refractivity contribution is -0.131. The topological polar surface area (TPSA) is 64.8 Å². The third-order valence-corrected chi connectivity index (χ3v) is 4.09. The highest BCUT2D eigenvalue weighted by atomic mass is 16.7. The number of ether oxygens (including phenoxy) is 2. The fourth-order valence-electron chi connectivity index (χ4n) is 2.76. The molecule has 0 radical (unpaired) electrons. The largest absolute Gasteiger partial charge is 0.454 e. The molecule has 2 aliphatic heterocycles. The molecule has 108 valence electrons. The molecule has 5 heteroatoms. The predicted molar refractivity (Wildman–Crippen MR) is 74.6 cm³/mol. The first kappa shape index (κ1) is 13.2. The monoisotopic (exact) mass is 276 g/mol. The third kappa shape index (κ3) is 2.72. The van der Waals surface area contributed by atoms with E-state index in [4.69, 9.17) is 15.2 Å². The van der Waals surface area contributed by atoms with Crippen LogP contribution in [0, 0.1) is 5.92 Å². The van der Waals surface area contributed by atoms with Gasteiger partial charge in [0, 0.05) is 13.1 Å². The fourth-order valence-corrected chi connectivity index (χ4v) is 2.76. The number of fused-ring (bicyclic) bond motifs is 1. The molecular weight excluding hydrogens is 256 g/mol. The van der Waals surface area contributed by atoms with Crippen molar-refractivity contribution in [2.24, 2.45) is 11.7 Å². The van der Waals surface area contributed by atoms with E-state index in [0.717, 1.165) is 49.5 Å². The van der Waals surface area contributed by atoms with E-state index in [1.165, 1.54) is 0 Å². The fraction of sp³-hybridized carbons (Fsp3) is 0.533. The van der Waals surface area contributed by atoms with E-state index in [2.05, 4.69) is 0 Å². The molecule has 3 rings (SSSR count). The highest BCUT2D eigenvalue weighted by Crippen LogP contribution is 2.32. The lowest BCUT2D eigenvalue weighted by Gasteiger charge is -2.31. The molecule has 0 bridgehead atoms. The maximum absolute atomic E-state index is 12.3. The molecule has 0 aliphatic carbocycles. The number of carbonyl (C=O) groups is 1. The van der Waals surface area contributed by atoms with Gasteiger partial charge in [-0.15, -0.1) is 0 Å². The molecule has 2 aliphatic rings. The summed E-state index contributed by atoms with van der Waals surface area (Å²) in [4.78, 5) is 14.2. The molecule has 1 aromatic rings. The van der Waals surface area contributed by atoms with E-state index in [9.17, 15) is 4.79 Å². The second kappa shape index (κ2) is 5.71. The highest BCUT2D eigenvalue weighted by Gasteiger charge is 2.22. The molecule has 0 aromatic heterocycles. The molecule has 0 saturated carbocycles. The summed E-state index contributed by atoms with van der Waals surface area (Å²) < 4.78 is 10.6. The van der Waals surface area contributed by atoms with Gasteiger partial charge in [-0.3, -0.25) is 4.79 Å². The van der Waals surface area contributed by atoms with Crippen LogP contribution in [-0.2, 0) is 11.2 Å². The molecule has 1 fully saturated rings. The smallest absolute Gasteiger partial charge is 0.231 e. The molecule has 0 unspecified atom stereocenters. The van der Waals surface area contributed by atoms with Gasteiger partial charge >= 0.3 is 0 Å². The van der Waals surface area contributed by atoms with Gasteiger partial charge in [-0.2, -0.15) is 0 Å². The number of rotatable bonds is 3. The van der Waals surface area contributed by atoms with Crippen molar-refractivity contribution in [3.05, 3.63) is 23.8 Å². The normalized spacial score (nSPS) is 18.4. The van der Waals surface area contributed by atoms with Crippen LogP contribution in [0.25, 0.3) is 0 Å². The third-order valence-electron chi connectivity index (χ3n) is 4.09. The first-order chi connectivity index (χ1) is 9.76. The number of likely N-dealkylation sites (tertiary alicyclic amines) is 1. The van der Waals surface area contributed by atoms with Crippen LogP contribution < -0.4 is 15.2 Å². The van der Waals surface area contributed by atoms with Gasteiger partial charge in [-0.05, 0) is 43.0 Å². The standard InChI is InChI=1S/C15H20N2O3/c16-9-11-3-5-17(6-4-11)15(18)8-12-1-2-13-14(7-12)20-10-19-13/h1-2,7,11H,3-6,8-10,16H2. The lowest BCUT2D eigenvalue weighted by atomic mass is 9.96. The second-order valence-corrected chi connectivity index (χ2v) is 5.42. The van der Waals surface area contributed by atoms with Crippen LogP contribution in [0.2, 0.25) is 0 Å². The number of hydrogen-bond donors (Lipinski definition) is 1. The minimum Gasteiger partial charge on any atom is -0.454 e. The number of amides is 1. The first-order valence-electron chi connectivity index (χ1n) is 7.12. The average Bonchev–Trinajstić information content (AvgIpc) is 2.95. The van der Waals surface area contributed by atoms with Crippen molar-refractivity contribution < 1.29 is 14.3 Å². The molecule has 2 heterocycles. The zero-order valence-corrected chi connectivity index (χ0v) is 11.5. The zero-order chi connectivity index (χ0) is 13.9. The van der Waals surface area contributed by atoms with E-state index in [0.29, 0.717) is 12.3 Å². The van der Waals surface area contributed by atoms with Crippen molar-refractivity contribution in [2.45, 2.75) is 19.3 Å². The van der Waals surface area contributed by atoms with Crippen molar-refractivity contribution >= 4 is 5.91 Å². The van der Waals surface area contributed by atoms with Gasteiger partial charge in [0.05, 0.1) is 6.42 Å². The zero-order valence-electron chi connectivity index (χ0n) is 11.5. The molecular formula is C15H20N2O3. The number of benzene rings is 1. The summed E-state index contributed by atoms with van der Waals surface area (Å²) in [6.07, 6.45) is 2.46. The van der Waals surface area contributed by atoms with Crippen molar-refractivity contribution in [1.29, 1.82) is 0 Å². The minimum atomic E-state index is 0.180. The summed E-state index contributed by atoms with van der Waals surface area (Å²) in [7, 11) is 0. The van der Waals surface area contributed by atoms with Gasteiger partial charge in [-0.25, -0.2) is 0 Å². The van der Waals surface area contributed by atoms with Gasteiger partial charge in [-0.1, -0.05) is 6.07 Å². The summed E-state index contributed by atoms with van der Waals surface area (Å²) in [5.74, 6) is 2.24. The SMILES string of the molecule is NCC1CCN(C(=O)Cc2ccc3c(c2)OCO3)CC1. The molecule has 0 atom stereocenters. The maximum atomic E-state index is 12.3.